The summed E-state index contributed by atoms with van der Waals surface area (Å²) in [4.78, 5) is 16.4. The van der Waals surface area contributed by atoms with Crippen LogP contribution in [0.5, 0.6) is 0 Å². The number of nitrogens with two attached hydrogens (primary N) is 1. The van der Waals surface area contributed by atoms with Crippen LogP contribution < -0.4 is 10.5 Å². The number of Topliss-reactive ketones (excluding diaryl/α,β-unsaturated/α-hetero) is 1. The SMILES string of the molecule is CCCCS(=O)Nc1ccc(F)c(C(=O)C(=N)c2cc(Br)cnc2N)c1F. The molecule has 0 bridgehead atoms. The maximum absolute atomic E-state index is 14.7. The Morgan fingerprint density at radius 3 is 2.78 bits per heavy atom. The number of anilines is 2. The zero-order valence-electron chi connectivity index (χ0n) is 14.3. The van der Waals surface area contributed by atoms with Gasteiger partial charge in [-0.25, -0.2) is 18.0 Å². The number of carbonyl (C=O) groups is 1. The molecule has 0 aliphatic rings. The van der Waals surface area contributed by atoms with E-state index in [1.54, 1.807) is 0 Å². The standard InChI is InChI=1S/C17H17BrF2N4O2S/c1-2-3-6-27(26)24-12-5-4-11(19)13(14(12)20)16(25)15(21)10-7-9(18)8-23-17(10)22/h4-5,7-8,21,24H,2-3,6H2,1H3,(H2,22,23). The fourth-order valence-electron chi connectivity index (χ4n) is 2.19. The Labute approximate surface area is 165 Å². The number of aromatic nitrogens is 1. The number of pyridine rings is 1. The van der Waals surface area contributed by atoms with Crippen LogP contribution in [0.25, 0.3) is 0 Å². The highest BCUT2D eigenvalue weighted by Crippen LogP contribution is 2.25. The van der Waals surface area contributed by atoms with Crippen molar-refractivity contribution in [1.29, 1.82) is 5.41 Å². The van der Waals surface area contributed by atoms with E-state index in [2.05, 4.69) is 25.6 Å². The van der Waals surface area contributed by atoms with Gasteiger partial charge in [0.15, 0.2) is 5.82 Å². The molecule has 0 aliphatic heterocycles. The second kappa shape index (κ2) is 9.14. The van der Waals surface area contributed by atoms with Gasteiger partial charge in [0, 0.05) is 22.0 Å². The number of ketones is 1. The third-order valence-electron chi connectivity index (χ3n) is 3.61. The van der Waals surface area contributed by atoms with Crippen LogP contribution in [-0.4, -0.2) is 26.4 Å². The molecule has 1 unspecified atom stereocenters. The second-order valence-electron chi connectivity index (χ2n) is 5.58. The van der Waals surface area contributed by atoms with Crippen molar-refractivity contribution in [2.24, 2.45) is 0 Å². The summed E-state index contributed by atoms with van der Waals surface area (Å²) in [6, 6.07) is 3.30. The van der Waals surface area contributed by atoms with Crippen LogP contribution in [0.4, 0.5) is 20.3 Å². The van der Waals surface area contributed by atoms with E-state index in [1.165, 1.54) is 12.3 Å². The fraction of sp³-hybridized carbons (Fsp3) is 0.235. The maximum Gasteiger partial charge on any atom is 0.217 e. The zero-order chi connectivity index (χ0) is 20.1. The van der Waals surface area contributed by atoms with Crippen molar-refractivity contribution in [2.75, 3.05) is 16.2 Å². The Balaban J connectivity index is 2.38. The highest BCUT2D eigenvalue weighted by molar-refractivity contribution is 9.10. The number of benzene rings is 1. The minimum absolute atomic E-state index is 0.0574. The lowest BCUT2D eigenvalue weighted by molar-refractivity contribution is 0.105. The Bertz CT molecular complexity index is 924. The first kappa shape index (κ1) is 21.1. The number of carbonyl (C=O) groups excluding carboxylic acids is 1. The summed E-state index contributed by atoms with van der Waals surface area (Å²) in [5, 5.41) is 8.00. The number of rotatable bonds is 8. The number of hydrogen-bond donors (Lipinski definition) is 3. The largest absolute Gasteiger partial charge is 0.383 e. The maximum atomic E-state index is 14.7. The van der Waals surface area contributed by atoms with Gasteiger partial charge in [0.25, 0.3) is 0 Å². The van der Waals surface area contributed by atoms with Gasteiger partial charge in [-0.1, -0.05) is 13.3 Å². The van der Waals surface area contributed by atoms with E-state index >= 15 is 0 Å². The predicted molar refractivity (Wildman–Crippen MR) is 105 cm³/mol. The molecule has 2 aromatic rings. The smallest absolute Gasteiger partial charge is 0.217 e. The van der Waals surface area contributed by atoms with Crippen LogP contribution in [0, 0.1) is 17.0 Å². The monoisotopic (exact) mass is 458 g/mol. The molecular formula is C17H17BrF2N4O2S. The van der Waals surface area contributed by atoms with Crippen LogP contribution >= 0.6 is 15.9 Å². The summed E-state index contributed by atoms with van der Waals surface area (Å²) in [6.07, 6.45) is 2.84. The molecule has 0 aliphatic carbocycles. The molecule has 10 heteroatoms. The molecule has 6 nitrogen and oxygen atoms in total. The van der Waals surface area contributed by atoms with Crippen molar-refractivity contribution in [3.8, 4) is 0 Å². The van der Waals surface area contributed by atoms with Crippen LogP contribution in [0.1, 0.15) is 35.7 Å². The highest BCUT2D eigenvalue weighted by Gasteiger charge is 2.26. The van der Waals surface area contributed by atoms with E-state index in [1.807, 2.05) is 6.92 Å². The van der Waals surface area contributed by atoms with Gasteiger partial charge in [0.1, 0.15) is 28.3 Å². The topological polar surface area (TPSA) is 109 Å². The molecule has 0 spiro atoms. The van der Waals surface area contributed by atoms with E-state index in [0.29, 0.717) is 10.9 Å². The van der Waals surface area contributed by atoms with Gasteiger partial charge in [-0.05, 0) is 40.5 Å². The molecule has 1 heterocycles. The van der Waals surface area contributed by atoms with E-state index in [9.17, 15) is 17.8 Å². The number of nitrogen functional groups attached to an aromatic ring is 1. The average Bonchev–Trinajstić information content (AvgIpc) is 2.63. The molecule has 0 amide bonds. The molecule has 0 fully saturated rings. The third-order valence-corrected chi connectivity index (χ3v) is 5.15. The molecule has 4 N–H and O–H groups in total. The molecule has 0 saturated carbocycles. The Morgan fingerprint density at radius 2 is 2.11 bits per heavy atom. The minimum atomic E-state index is -1.58. The van der Waals surface area contributed by atoms with Crippen molar-refractivity contribution in [1.82, 2.24) is 4.98 Å². The predicted octanol–water partition coefficient (Wildman–Crippen LogP) is 3.83. The van der Waals surface area contributed by atoms with E-state index in [-0.39, 0.29) is 22.8 Å². The molecular weight excluding hydrogens is 442 g/mol. The molecule has 1 aromatic heterocycles. The van der Waals surface area contributed by atoms with Gasteiger partial charge < -0.3 is 10.5 Å². The molecule has 1 aromatic carbocycles. The molecule has 144 valence electrons. The van der Waals surface area contributed by atoms with Gasteiger partial charge >= 0.3 is 0 Å². The lowest BCUT2D eigenvalue weighted by Gasteiger charge is -2.12. The number of unbranched alkanes of at least 4 members (excludes halogenated alkanes) is 1. The van der Waals surface area contributed by atoms with E-state index in [4.69, 9.17) is 11.1 Å². The summed E-state index contributed by atoms with van der Waals surface area (Å²) in [5.74, 6) is -3.37. The van der Waals surface area contributed by atoms with E-state index < -0.39 is 39.7 Å². The van der Waals surface area contributed by atoms with Gasteiger partial charge in [-0.15, -0.1) is 0 Å². The number of halogens is 3. The minimum Gasteiger partial charge on any atom is -0.383 e. The lowest BCUT2D eigenvalue weighted by atomic mass is 10.00. The number of hydrogen-bond acceptors (Lipinski definition) is 5. The first-order chi connectivity index (χ1) is 12.8. The van der Waals surface area contributed by atoms with Crippen LogP contribution in [0.15, 0.2) is 28.9 Å². The first-order valence-corrected chi connectivity index (χ1v) is 10.0. The summed E-state index contributed by atoms with van der Waals surface area (Å²) in [5.41, 5.74) is 3.70. The molecule has 0 saturated heterocycles. The fourth-order valence-corrected chi connectivity index (χ4v) is 3.57. The van der Waals surface area contributed by atoms with Gasteiger partial charge in [-0.2, -0.15) is 0 Å². The summed E-state index contributed by atoms with van der Waals surface area (Å²) >= 11 is 3.14. The van der Waals surface area contributed by atoms with Gasteiger partial charge in [-0.3, -0.25) is 10.2 Å². The van der Waals surface area contributed by atoms with E-state index in [0.717, 1.165) is 18.6 Å². The highest BCUT2D eigenvalue weighted by atomic mass is 79.9. The van der Waals surface area contributed by atoms with Crippen LogP contribution in [0.3, 0.4) is 0 Å². The van der Waals surface area contributed by atoms with Crippen molar-refractivity contribution in [3.63, 3.8) is 0 Å². The van der Waals surface area contributed by atoms with Crippen LogP contribution in [-0.2, 0) is 11.0 Å². The molecule has 27 heavy (non-hydrogen) atoms. The molecule has 0 radical (unpaired) electrons. The molecule has 1 atom stereocenters. The zero-order valence-corrected chi connectivity index (χ0v) is 16.7. The summed E-state index contributed by atoms with van der Waals surface area (Å²) in [7, 11) is -1.58. The number of nitrogens with one attached hydrogen (secondary N) is 2. The third kappa shape index (κ3) is 4.95. The van der Waals surface area contributed by atoms with Gasteiger partial charge in [0.2, 0.25) is 5.78 Å². The summed E-state index contributed by atoms with van der Waals surface area (Å²) < 4.78 is 43.7. The Hall–Kier alpha value is -2.20. The number of nitrogens with zero attached hydrogens (tertiary/aromatic N) is 1. The average molecular weight is 459 g/mol. The first-order valence-electron chi connectivity index (χ1n) is 7.93. The van der Waals surface area contributed by atoms with Crippen molar-refractivity contribution >= 4 is 49.9 Å². The molecule has 2 rings (SSSR count). The Kier molecular flexibility index (Phi) is 7.14. The van der Waals surface area contributed by atoms with Crippen molar-refractivity contribution < 1.29 is 17.8 Å². The lowest BCUT2D eigenvalue weighted by Crippen LogP contribution is -2.21. The van der Waals surface area contributed by atoms with Crippen molar-refractivity contribution in [2.45, 2.75) is 19.8 Å². The van der Waals surface area contributed by atoms with Crippen molar-refractivity contribution in [3.05, 3.63) is 51.6 Å². The second-order valence-corrected chi connectivity index (χ2v) is 7.80. The van der Waals surface area contributed by atoms with Crippen LogP contribution in [0.2, 0.25) is 0 Å². The summed E-state index contributed by atoms with van der Waals surface area (Å²) in [6.45, 7) is 1.92. The quantitative estimate of drug-likeness (QED) is 0.412. The Morgan fingerprint density at radius 1 is 1.41 bits per heavy atom. The van der Waals surface area contributed by atoms with Gasteiger partial charge in [0.05, 0.1) is 11.3 Å². The normalized spacial score (nSPS) is 11.9.